The maximum atomic E-state index is 12.6. The number of hydrogen-bond acceptors (Lipinski definition) is 2. The van der Waals surface area contributed by atoms with Crippen LogP contribution >= 0.6 is 11.6 Å². The predicted octanol–water partition coefficient (Wildman–Crippen LogP) is 3.64. The number of amides is 2. The highest BCUT2D eigenvalue weighted by atomic mass is 35.5. The van der Waals surface area contributed by atoms with E-state index in [1.807, 2.05) is 0 Å². The molecule has 1 aliphatic carbocycles. The first kappa shape index (κ1) is 17.3. The van der Waals surface area contributed by atoms with Gasteiger partial charge < -0.3 is 10.2 Å². The van der Waals surface area contributed by atoms with Crippen molar-refractivity contribution in [1.82, 2.24) is 10.2 Å². The van der Waals surface area contributed by atoms with Crippen LogP contribution in [0.15, 0.2) is 24.3 Å². The number of rotatable bonds is 3. The average Bonchev–Trinajstić information content (AvgIpc) is 2.63. The summed E-state index contributed by atoms with van der Waals surface area (Å²) in [5, 5.41) is 3.82. The summed E-state index contributed by atoms with van der Waals surface area (Å²) in [6, 6.07) is 7.28. The number of halogens is 1. The van der Waals surface area contributed by atoms with E-state index in [2.05, 4.69) is 5.32 Å². The Hall–Kier alpha value is -1.55. The summed E-state index contributed by atoms with van der Waals surface area (Å²) in [5.74, 6) is 0.0225. The minimum atomic E-state index is -0.0862. The van der Waals surface area contributed by atoms with Gasteiger partial charge in [-0.15, -0.1) is 0 Å². The van der Waals surface area contributed by atoms with E-state index in [1.165, 1.54) is 19.3 Å². The molecule has 3 rings (SSSR count). The Balaban J connectivity index is 1.58. The van der Waals surface area contributed by atoms with Gasteiger partial charge in [0.05, 0.1) is 5.92 Å². The smallest absolute Gasteiger partial charge is 0.253 e. The lowest BCUT2D eigenvalue weighted by molar-refractivity contribution is -0.127. The summed E-state index contributed by atoms with van der Waals surface area (Å²) in [7, 11) is 0. The zero-order chi connectivity index (χ0) is 16.9. The maximum Gasteiger partial charge on any atom is 0.253 e. The number of carbonyl (C=O) groups excluding carboxylic acids is 2. The third-order valence-electron chi connectivity index (χ3n) is 5.12. The molecule has 0 aromatic heterocycles. The standard InChI is InChI=1S/C19H25ClN2O2/c20-16-10-8-14(9-11-16)19(24)22-12-4-5-15(13-22)18(23)21-17-6-2-1-3-7-17/h8-11,15,17H,1-7,12-13H2,(H,21,23)/t15-/m1/s1. The number of likely N-dealkylation sites (tertiary alicyclic amines) is 1. The first-order valence-electron chi connectivity index (χ1n) is 8.99. The van der Waals surface area contributed by atoms with Crippen LogP contribution in [0, 0.1) is 5.92 Å². The lowest BCUT2D eigenvalue weighted by Crippen LogP contribution is -2.47. The molecule has 0 unspecified atom stereocenters. The van der Waals surface area contributed by atoms with E-state index in [9.17, 15) is 9.59 Å². The summed E-state index contributed by atoms with van der Waals surface area (Å²) in [5.41, 5.74) is 0.632. The quantitative estimate of drug-likeness (QED) is 0.906. The molecule has 2 amide bonds. The molecule has 0 radical (unpaired) electrons. The van der Waals surface area contributed by atoms with Crippen LogP contribution in [0.1, 0.15) is 55.3 Å². The normalized spacial score (nSPS) is 22.2. The first-order chi connectivity index (χ1) is 11.6. The van der Waals surface area contributed by atoms with E-state index in [4.69, 9.17) is 11.6 Å². The molecule has 1 aromatic rings. The molecule has 0 bridgehead atoms. The van der Waals surface area contributed by atoms with Crippen LogP contribution in [0.3, 0.4) is 0 Å². The molecular formula is C19H25ClN2O2. The summed E-state index contributed by atoms with van der Waals surface area (Å²) < 4.78 is 0. The lowest BCUT2D eigenvalue weighted by atomic mass is 9.93. The molecule has 0 spiro atoms. The Morgan fingerprint density at radius 3 is 2.42 bits per heavy atom. The van der Waals surface area contributed by atoms with E-state index in [1.54, 1.807) is 29.2 Å². The first-order valence-corrected chi connectivity index (χ1v) is 9.36. The van der Waals surface area contributed by atoms with Crippen molar-refractivity contribution in [1.29, 1.82) is 0 Å². The highest BCUT2D eigenvalue weighted by Gasteiger charge is 2.30. The van der Waals surface area contributed by atoms with Crippen LogP contribution in [-0.2, 0) is 4.79 Å². The highest BCUT2D eigenvalue weighted by molar-refractivity contribution is 6.30. The Morgan fingerprint density at radius 2 is 1.71 bits per heavy atom. The summed E-state index contributed by atoms with van der Waals surface area (Å²) in [6.07, 6.45) is 7.61. The largest absolute Gasteiger partial charge is 0.353 e. The second-order valence-corrected chi connectivity index (χ2v) is 7.38. The number of nitrogens with one attached hydrogen (secondary N) is 1. The van der Waals surface area contributed by atoms with Crippen molar-refractivity contribution in [2.24, 2.45) is 5.92 Å². The molecule has 1 saturated heterocycles. The molecule has 1 N–H and O–H groups in total. The van der Waals surface area contributed by atoms with Crippen LogP contribution in [0.2, 0.25) is 5.02 Å². The van der Waals surface area contributed by atoms with Crippen LogP contribution in [0.25, 0.3) is 0 Å². The Labute approximate surface area is 148 Å². The van der Waals surface area contributed by atoms with E-state index < -0.39 is 0 Å². The van der Waals surface area contributed by atoms with Gasteiger partial charge >= 0.3 is 0 Å². The highest BCUT2D eigenvalue weighted by Crippen LogP contribution is 2.22. The van der Waals surface area contributed by atoms with Crippen molar-refractivity contribution in [3.63, 3.8) is 0 Å². The van der Waals surface area contributed by atoms with E-state index in [-0.39, 0.29) is 17.7 Å². The van der Waals surface area contributed by atoms with Crippen molar-refractivity contribution >= 4 is 23.4 Å². The SMILES string of the molecule is O=C(NC1CCCCC1)[C@@H]1CCCN(C(=O)c2ccc(Cl)cc2)C1. The van der Waals surface area contributed by atoms with Gasteiger partial charge in [-0.05, 0) is 49.9 Å². The van der Waals surface area contributed by atoms with Gasteiger partial charge in [-0.2, -0.15) is 0 Å². The fraction of sp³-hybridized carbons (Fsp3) is 0.579. The topological polar surface area (TPSA) is 49.4 Å². The Kier molecular flexibility index (Phi) is 5.77. The predicted molar refractivity (Wildman–Crippen MR) is 95.1 cm³/mol. The maximum absolute atomic E-state index is 12.6. The zero-order valence-corrected chi connectivity index (χ0v) is 14.7. The van der Waals surface area contributed by atoms with Gasteiger partial charge in [-0.1, -0.05) is 30.9 Å². The summed E-state index contributed by atoms with van der Waals surface area (Å²) in [4.78, 5) is 27.0. The monoisotopic (exact) mass is 348 g/mol. The Bertz CT molecular complexity index is 582. The summed E-state index contributed by atoms with van der Waals surface area (Å²) in [6.45, 7) is 1.23. The number of carbonyl (C=O) groups is 2. The van der Waals surface area contributed by atoms with Crippen molar-refractivity contribution in [2.45, 2.75) is 51.0 Å². The van der Waals surface area contributed by atoms with Crippen LogP contribution in [-0.4, -0.2) is 35.8 Å². The molecule has 1 atom stereocenters. The minimum absolute atomic E-state index is 0.0122. The van der Waals surface area contributed by atoms with Gasteiger partial charge in [0, 0.05) is 29.7 Å². The van der Waals surface area contributed by atoms with Gasteiger partial charge in [0.2, 0.25) is 5.91 Å². The number of hydrogen-bond donors (Lipinski definition) is 1. The molecule has 5 heteroatoms. The van der Waals surface area contributed by atoms with E-state index in [0.717, 1.165) is 25.7 Å². The third-order valence-corrected chi connectivity index (χ3v) is 5.37. The lowest BCUT2D eigenvalue weighted by Gasteiger charge is -2.33. The van der Waals surface area contributed by atoms with Crippen LogP contribution in [0.4, 0.5) is 0 Å². The van der Waals surface area contributed by atoms with E-state index in [0.29, 0.717) is 29.7 Å². The fourth-order valence-electron chi connectivity index (χ4n) is 3.72. The minimum Gasteiger partial charge on any atom is -0.353 e. The molecular weight excluding hydrogens is 324 g/mol. The van der Waals surface area contributed by atoms with Crippen molar-refractivity contribution in [3.8, 4) is 0 Å². The number of benzene rings is 1. The van der Waals surface area contributed by atoms with Crippen LogP contribution in [0.5, 0.6) is 0 Å². The second kappa shape index (κ2) is 8.02. The average molecular weight is 349 g/mol. The molecule has 1 heterocycles. The zero-order valence-electron chi connectivity index (χ0n) is 14.0. The molecule has 24 heavy (non-hydrogen) atoms. The fourth-order valence-corrected chi connectivity index (χ4v) is 3.84. The molecule has 130 valence electrons. The van der Waals surface area contributed by atoms with Crippen molar-refractivity contribution in [2.75, 3.05) is 13.1 Å². The molecule has 2 aliphatic rings. The van der Waals surface area contributed by atoms with Gasteiger partial charge in [-0.3, -0.25) is 9.59 Å². The molecule has 4 nitrogen and oxygen atoms in total. The summed E-state index contributed by atoms with van der Waals surface area (Å²) >= 11 is 5.88. The van der Waals surface area contributed by atoms with Gasteiger partial charge in [-0.25, -0.2) is 0 Å². The van der Waals surface area contributed by atoms with Gasteiger partial charge in [0.15, 0.2) is 0 Å². The van der Waals surface area contributed by atoms with Gasteiger partial charge in [0.1, 0.15) is 0 Å². The molecule has 1 aromatic carbocycles. The van der Waals surface area contributed by atoms with Crippen molar-refractivity contribution < 1.29 is 9.59 Å². The van der Waals surface area contributed by atoms with E-state index >= 15 is 0 Å². The number of nitrogens with zero attached hydrogens (tertiary/aromatic N) is 1. The van der Waals surface area contributed by atoms with Crippen LogP contribution < -0.4 is 5.32 Å². The second-order valence-electron chi connectivity index (χ2n) is 6.94. The van der Waals surface area contributed by atoms with Gasteiger partial charge in [0.25, 0.3) is 5.91 Å². The molecule has 2 fully saturated rings. The van der Waals surface area contributed by atoms with Crippen molar-refractivity contribution in [3.05, 3.63) is 34.9 Å². The number of piperidine rings is 1. The molecule has 1 saturated carbocycles. The Morgan fingerprint density at radius 1 is 1.00 bits per heavy atom. The molecule has 1 aliphatic heterocycles. The third kappa shape index (κ3) is 4.29.